The fraction of sp³-hybridized carbons (Fsp3) is 0.312. The molecule has 0 aliphatic heterocycles. The van der Waals surface area contributed by atoms with E-state index >= 15 is 0 Å². The van der Waals surface area contributed by atoms with Gasteiger partial charge in [0.05, 0.1) is 17.1 Å². The van der Waals surface area contributed by atoms with Gasteiger partial charge in [0.15, 0.2) is 0 Å². The molecule has 1 aromatic heterocycles. The Balaban J connectivity index is 1.88. The van der Waals surface area contributed by atoms with Gasteiger partial charge in [-0.25, -0.2) is 9.78 Å². The third-order valence-corrected chi connectivity index (χ3v) is 3.71. The molecule has 1 heterocycles. The molecule has 3 rings (SSSR count). The lowest BCUT2D eigenvalue weighted by molar-refractivity contribution is 0.247. The van der Waals surface area contributed by atoms with Crippen molar-refractivity contribution in [3.63, 3.8) is 0 Å². The van der Waals surface area contributed by atoms with Crippen LogP contribution in [0.4, 0.5) is 10.6 Å². The average molecular weight is 280 g/mol. The van der Waals surface area contributed by atoms with Crippen molar-refractivity contribution in [2.45, 2.75) is 12.8 Å². The highest BCUT2D eigenvalue weighted by molar-refractivity contribution is 5.93. The first-order chi connectivity index (χ1) is 10.2. The van der Waals surface area contributed by atoms with Crippen LogP contribution in [-0.4, -0.2) is 24.6 Å². The minimum Gasteiger partial charge on any atom is -0.337 e. The second-order valence-electron chi connectivity index (χ2n) is 5.35. The van der Waals surface area contributed by atoms with E-state index in [9.17, 15) is 10.1 Å². The number of carbonyl (C=O) groups is 1. The molecule has 1 fully saturated rings. The van der Waals surface area contributed by atoms with Gasteiger partial charge >= 0.3 is 6.03 Å². The molecule has 0 bridgehead atoms. The Morgan fingerprint density at radius 2 is 2.24 bits per heavy atom. The third-order valence-electron chi connectivity index (χ3n) is 3.71. The SMILES string of the molecule is CN(C(=O)NCC1CC1)c1cc(C#N)c2ccccc2n1. The molecule has 2 aromatic rings. The molecule has 5 nitrogen and oxygen atoms in total. The Morgan fingerprint density at radius 3 is 2.95 bits per heavy atom. The highest BCUT2D eigenvalue weighted by atomic mass is 16.2. The number of rotatable bonds is 3. The van der Waals surface area contributed by atoms with Gasteiger partial charge in [0, 0.05) is 19.0 Å². The molecule has 1 saturated carbocycles. The van der Waals surface area contributed by atoms with Crippen molar-refractivity contribution in [3.8, 4) is 6.07 Å². The van der Waals surface area contributed by atoms with Crippen molar-refractivity contribution in [2.24, 2.45) is 5.92 Å². The molecule has 1 N–H and O–H groups in total. The van der Waals surface area contributed by atoms with Gasteiger partial charge in [-0.3, -0.25) is 4.90 Å². The Morgan fingerprint density at radius 1 is 1.48 bits per heavy atom. The van der Waals surface area contributed by atoms with E-state index in [1.54, 1.807) is 13.1 Å². The highest BCUT2D eigenvalue weighted by Gasteiger charge is 2.23. The van der Waals surface area contributed by atoms with Gasteiger partial charge in [-0.15, -0.1) is 0 Å². The summed E-state index contributed by atoms with van der Waals surface area (Å²) in [6.07, 6.45) is 2.38. The Kier molecular flexibility index (Phi) is 3.44. The zero-order valence-electron chi connectivity index (χ0n) is 11.8. The second kappa shape index (κ2) is 5.41. The molecule has 0 radical (unpaired) electrons. The topological polar surface area (TPSA) is 69.0 Å². The van der Waals surface area contributed by atoms with Crippen LogP contribution in [0.1, 0.15) is 18.4 Å². The van der Waals surface area contributed by atoms with Gasteiger partial charge in [-0.2, -0.15) is 5.26 Å². The lowest BCUT2D eigenvalue weighted by atomic mass is 10.1. The molecule has 21 heavy (non-hydrogen) atoms. The van der Waals surface area contributed by atoms with Crippen LogP contribution in [0.2, 0.25) is 0 Å². The van der Waals surface area contributed by atoms with Gasteiger partial charge in [0.25, 0.3) is 0 Å². The molecular formula is C16H16N4O. The van der Waals surface area contributed by atoms with Crippen LogP contribution < -0.4 is 10.2 Å². The van der Waals surface area contributed by atoms with E-state index < -0.39 is 0 Å². The Hall–Kier alpha value is -2.61. The molecule has 1 aliphatic carbocycles. The van der Waals surface area contributed by atoms with Crippen LogP contribution in [0.3, 0.4) is 0 Å². The van der Waals surface area contributed by atoms with Crippen molar-refractivity contribution in [3.05, 3.63) is 35.9 Å². The monoisotopic (exact) mass is 280 g/mol. The number of fused-ring (bicyclic) bond motifs is 1. The molecule has 0 spiro atoms. The van der Waals surface area contributed by atoms with Crippen molar-refractivity contribution in [1.82, 2.24) is 10.3 Å². The first kappa shape index (κ1) is 13.4. The Bertz CT molecular complexity index is 731. The highest BCUT2D eigenvalue weighted by Crippen LogP contribution is 2.27. The number of nitrogens with zero attached hydrogens (tertiary/aromatic N) is 3. The number of aromatic nitrogens is 1. The number of pyridine rings is 1. The van der Waals surface area contributed by atoms with E-state index in [1.807, 2.05) is 24.3 Å². The predicted molar refractivity (Wildman–Crippen MR) is 81.0 cm³/mol. The second-order valence-corrected chi connectivity index (χ2v) is 5.35. The molecule has 5 heteroatoms. The number of nitrogens with one attached hydrogen (secondary N) is 1. The number of benzene rings is 1. The maximum atomic E-state index is 12.1. The fourth-order valence-corrected chi connectivity index (χ4v) is 2.20. The van der Waals surface area contributed by atoms with Crippen molar-refractivity contribution < 1.29 is 4.79 Å². The van der Waals surface area contributed by atoms with Gasteiger partial charge in [0.1, 0.15) is 5.82 Å². The largest absolute Gasteiger partial charge is 0.337 e. The summed E-state index contributed by atoms with van der Waals surface area (Å²) < 4.78 is 0. The molecule has 0 saturated heterocycles. The number of anilines is 1. The Labute approximate surface area is 123 Å². The van der Waals surface area contributed by atoms with E-state index in [2.05, 4.69) is 16.4 Å². The summed E-state index contributed by atoms with van der Waals surface area (Å²) in [4.78, 5) is 18.0. The smallest absolute Gasteiger partial charge is 0.322 e. The third kappa shape index (κ3) is 2.79. The number of urea groups is 1. The average Bonchev–Trinajstić information content (AvgIpc) is 3.35. The summed E-state index contributed by atoms with van der Waals surface area (Å²) >= 11 is 0. The fourth-order valence-electron chi connectivity index (χ4n) is 2.20. The number of nitriles is 1. The summed E-state index contributed by atoms with van der Waals surface area (Å²) in [5, 5.41) is 13.0. The van der Waals surface area contributed by atoms with Crippen LogP contribution in [0.25, 0.3) is 10.9 Å². The number of amides is 2. The minimum atomic E-state index is -0.187. The van der Waals surface area contributed by atoms with Crippen molar-refractivity contribution in [1.29, 1.82) is 5.26 Å². The molecule has 1 aromatic carbocycles. The number of hydrogen-bond acceptors (Lipinski definition) is 3. The van der Waals surface area contributed by atoms with E-state index in [4.69, 9.17) is 0 Å². The predicted octanol–water partition coefficient (Wildman–Crippen LogP) is 2.66. The van der Waals surface area contributed by atoms with Crippen LogP contribution in [0.15, 0.2) is 30.3 Å². The number of carbonyl (C=O) groups excluding carboxylic acids is 1. The zero-order chi connectivity index (χ0) is 14.8. The van der Waals surface area contributed by atoms with Gasteiger partial charge in [-0.1, -0.05) is 18.2 Å². The van der Waals surface area contributed by atoms with E-state index in [-0.39, 0.29) is 6.03 Å². The van der Waals surface area contributed by atoms with E-state index in [1.165, 1.54) is 17.7 Å². The van der Waals surface area contributed by atoms with Crippen molar-refractivity contribution >= 4 is 22.8 Å². The van der Waals surface area contributed by atoms with Gasteiger partial charge < -0.3 is 5.32 Å². The van der Waals surface area contributed by atoms with E-state index in [0.717, 1.165) is 5.39 Å². The molecule has 2 amide bonds. The summed E-state index contributed by atoms with van der Waals surface area (Å²) in [6.45, 7) is 0.710. The number of para-hydroxylation sites is 1. The summed E-state index contributed by atoms with van der Waals surface area (Å²) in [5.74, 6) is 1.11. The molecule has 106 valence electrons. The van der Waals surface area contributed by atoms with E-state index in [0.29, 0.717) is 29.4 Å². The molecule has 0 unspecified atom stereocenters. The van der Waals surface area contributed by atoms with Crippen LogP contribution in [0.5, 0.6) is 0 Å². The maximum Gasteiger partial charge on any atom is 0.322 e. The molecule has 0 atom stereocenters. The lowest BCUT2D eigenvalue weighted by Gasteiger charge is -2.18. The van der Waals surface area contributed by atoms with Crippen LogP contribution in [-0.2, 0) is 0 Å². The summed E-state index contributed by atoms with van der Waals surface area (Å²) in [7, 11) is 1.67. The number of hydrogen-bond donors (Lipinski definition) is 1. The van der Waals surface area contributed by atoms with Crippen LogP contribution >= 0.6 is 0 Å². The van der Waals surface area contributed by atoms with Crippen molar-refractivity contribution in [2.75, 3.05) is 18.5 Å². The normalized spacial score (nSPS) is 13.7. The summed E-state index contributed by atoms with van der Waals surface area (Å²) in [6, 6.07) is 11.1. The standard InChI is InChI=1S/C16H16N4O/c1-20(16(21)18-10-11-6-7-11)15-8-12(9-17)13-4-2-3-5-14(13)19-15/h2-5,8,11H,6-7,10H2,1H3,(H,18,21). The first-order valence-corrected chi connectivity index (χ1v) is 7.00. The first-order valence-electron chi connectivity index (χ1n) is 7.00. The zero-order valence-corrected chi connectivity index (χ0v) is 11.8. The quantitative estimate of drug-likeness (QED) is 0.939. The van der Waals surface area contributed by atoms with Gasteiger partial charge in [0.2, 0.25) is 0 Å². The summed E-state index contributed by atoms with van der Waals surface area (Å²) in [5.41, 5.74) is 1.24. The molecular weight excluding hydrogens is 264 g/mol. The minimum absolute atomic E-state index is 0.187. The van der Waals surface area contributed by atoms with Gasteiger partial charge in [-0.05, 0) is 30.9 Å². The lowest BCUT2D eigenvalue weighted by Crippen LogP contribution is -2.38. The maximum absolute atomic E-state index is 12.1. The molecule has 1 aliphatic rings. The van der Waals surface area contributed by atoms with Crippen LogP contribution in [0, 0.1) is 17.2 Å².